The third-order valence-corrected chi connectivity index (χ3v) is 5.97. The van der Waals surface area contributed by atoms with E-state index in [9.17, 15) is 10.2 Å². The lowest BCUT2D eigenvalue weighted by molar-refractivity contribution is 0.00578. The average molecular weight is 359 g/mol. The fraction of sp³-hybridized carbons (Fsp3) is 0.600. The van der Waals surface area contributed by atoms with Crippen LogP contribution >= 0.6 is 0 Å². The molecule has 3 rings (SSSR count). The molecule has 1 aromatic rings. The van der Waals surface area contributed by atoms with E-state index in [1.165, 1.54) is 0 Å². The zero-order valence-corrected chi connectivity index (χ0v) is 16.2. The van der Waals surface area contributed by atoms with E-state index in [-0.39, 0.29) is 6.61 Å². The molecular formula is C20H30BNO4. The highest BCUT2D eigenvalue weighted by molar-refractivity contribution is 6.55. The number of nitrogens with one attached hydrogen (secondary N) is 1. The first kappa shape index (κ1) is 19.6. The summed E-state index contributed by atoms with van der Waals surface area (Å²) >= 11 is 0. The van der Waals surface area contributed by atoms with Crippen LogP contribution in [-0.4, -0.2) is 48.2 Å². The molecule has 2 aliphatic heterocycles. The summed E-state index contributed by atoms with van der Waals surface area (Å²) < 4.78 is 12.1. The van der Waals surface area contributed by atoms with E-state index < -0.39 is 23.9 Å². The van der Waals surface area contributed by atoms with E-state index in [1.54, 1.807) is 0 Å². The van der Waals surface area contributed by atoms with Crippen LogP contribution in [0.2, 0.25) is 0 Å². The van der Waals surface area contributed by atoms with Crippen LogP contribution in [0.1, 0.15) is 51.7 Å². The first-order valence-electron chi connectivity index (χ1n) is 9.37. The molecule has 5 nitrogen and oxygen atoms in total. The molecule has 0 spiro atoms. The van der Waals surface area contributed by atoms with Gasteiger partial charge in [-0.3, -0.25) is 0 Å². The molecule has 0 atom stereocenters. The van der Waals surface area contributed by atoms with Crippen molar-refractivity contribution in [2.75, 3.05) is 19.7 Å². The second-order valence-electron chi connectivity index (χ2n) is 8.37. The largest absolute Gasteiger partial charge is 0.492 e. The summed E-state index contributed by atoms with van der Waals surface area (Å²) in [5, 5.41) is 23.9. The Morgan fingerprint density at radius 1 is 1.08 bits per heavy atom. The van der Waals surface area contributed by atoms with E-state index in [0.717, 1.165) is 37.1 Å². The van der Waals surface area contributed by atoms with Crippen LogP contribution in [0.4, 0.5) is 0 Å². The summed E-state index contributed by atoms with van der Waals surface area (Å²) in [6.45, 7) is 9.51. The van der Waals surface area contributed by atoms with Gasteiger partial charge in [0.15, 0.2) is 0 Å². The Balaban J connectivity index is 1.78. The molecular weight excluding hydrogens is 329 g/mol. The van der Waals surface area contributed by atoms with Gasteiger partial charge in [0.2, 0.25) is 0 Å². The molecule has 0 aliphatic carbocycles. The lowest BCUT2D eigenvalue weighted by Crippen LogP contribution is -2.41. The SMILES string of the molecule is CC1(C)OB(C(=Cc2ccc(C3(O)CCNCC3)cc2)CO)OC1(C)C. The minimum absolute atomic E-state index is 0.131. The van der Waals surface area contributed by atoms with Crippen LogP contribution in [0.25, 0.3) is 6.08 Å². The molecule has 0 radical (unpaired) electrons. The molecule has 6 heteroatoms. The van der Waals surface area contributed by atoms with Crippen molar-refractivity contribution in [1.29, 1.82) is 0 Å². The highest BCUT2D eigenvalue weighted by Gasteiger charge is 2.52. The zero-order chi connectivity index (χ0) is 19.0. The number of hydrogen-bond donors (Lipinski definition) is 3. The van der Waals surface area contributed by atoms with Gasteiger partial charge in [-0.25, -0.2) is 0 Å². The van der Waals surface area contributed by atoms with Crippen LogP contribution in [0.3, 0.4) is 0 Å². The molecule has 0 aromatic heterocycles. The summed E-state index contributed by atoms with van der Waals surface area (Å²) in [5.41, 5.74) is 0.959. The Morgan fingerprint density at radius 2 is 1.62 bits per heavy atom. The van der Waals surface area contributed by atoms with Gasteiger partial charge in [0.05, 0.1) is 23.4 Å². The zero-order valence-electron chi connectivity index (χ0n) is 16.2. The normalized spacial score (nSPS) is 24.7. The number of hydrogen-bond acceptors (Lipinski definition) is 5. The highest BCUT2D eigenvalue weighted by Crippen LogP contribution is 2.39. The second kappa shape index (κ2) is 7.10. The Morgan fingerprint density at radius 3 is 2.12 bits per heavy atom. The molecule has 0 unspecified atom stereocenters. The number of rotatable bonds is 4. The fourth-order valence-corrected chi connectivity index (χ4v) is 3.42. The molecule has 2 aliphatic rings. The van der Waals surface area contributed by atoms with Crippen molar-refractivity contribution in [3.05, 3.63) is 40.9 Å². The average Bonchev–Trinajstić information content (AvgIpc) is 2.81. The molecule has 2 saturated heterocycles. The summed E-state index contributed by atoms with van der Waals surface area (Å²) in [6.07, 6.45) is 3.34. The second-order valence-corrected chi connectivity index (χ2v) is 8.37. The number of benzene rings is 1. The Kier molecular flexibility index (Phi) is 5.34. The van der Waals surface area contributed by atoms with Gasteiger partial charge in [-0.05, 0) is 70.2 Å². The Labute approximate surface area is 156 Å². The standard InChI is InChI=1S/C20H30BNO4/c1-18(2)19(3,4)26-21(25-18)17(14-23)13-15-5-7-16(8-6-15)20(24)9-11-22-12-10-20/h5-8,13,22-24H,9-12,14H2,1-4H3. The predicted molar refractivity (Wildman–Crippen MR) is 104 cm³/mol. The molecule has 3 N–H and O–H groups in total. The summed E-state index contributed by atoms with van der Waals surface area (Å²) in [6, 6.07) is 7.87. The maximum absolute atomic E-state index is 10.8. The number of aliphatic hydroxyl groups excluding tert-OH is 1. The summed E-state index contributed by atoms with van der Waals surface area (Å²) in [4.78, 5) is 0. The van der Waals surface area contributed by atoms with Crippen molar-refractivity contribution in [2.45, 2.75) is 57.3 Å². The van der Waals surface area contributed by atoms with Gasteiger partial charge in [0, 0.05) is 0 Å². The van der Waals surface area contributed by atoms with Crippen LogP contribution in [0.15, 0.2) is 29.7 Å². The Bertz CT molecular complexity index is 647. The summed E-state index contributed by atoms with van der Waals surface area (Å²) in [7, 11) is -0.557. The van der Waals surface area contributed by atoms with Gasteiger partial charge >= 0.3 is 7.12 Å². The van der Waals surface area contributed by atoms with E-state index in [2.05, 4.69) is 5.32 Å². The molecule has 1 aromatic carbocycles. The first-order valence-corrected chi connectivity index (χ1v) is 9.37. The van der Waals surface area contributed by atoms with Crippen LogP contribution in [-0.2, 0) is 14.9 Å². The molecule has 0 saturated carbocycles. The first-order chi connectivity index (χ1) is 12.2. The smallest absolute Gasteiger partial charge is 0.400 e. The molecule has 0 amide bonds. The van der Waals surface area contributed by atoms with Gasteiger partial charge < -0.3 is 24.8 Å². The minimum atomic E-state index is -0.751. The van der Waals surface area contributed by atoms with Crippen LogP contribution < -0.4 is 5.32 Å². The van der Waals surface area contributed by atoms with E-state index in [1.807, 2.05) is 58.0 Å². The van der Waals surface area contributed by atoms with Gasteiger partial charge in [0.1, 0.15) is 0 Å². The van der Waals surface area contributed by atoms with E-state index >= 15 is 0 Å². The summed E-state index contributed by atoms with van der Waals surface area (Å²) in [5.74, 6) is 0. The topological polar surface area (TPSA) is 71.0 Å². The van der Waals surface area contributed by atoms with Crippen molar-refractivity contribution in [2.24, 2.45) is 0 Å². The third kappa shape index (κ3) is 3.75. The maximum atomic E-state index is 10.8. The monoisotopic (exact) mass is 359 g/mol. The van der Waals surface area contributed by atoms with E-state index in [0.29, 0.717) is 5.47 Å². The maximum Gasteiger partial charge on any atom is 0.492 e. The molecule has 2 fully saturated rings. The molecule has 0 bridgehead atoms. The molecule has 142 valence electrons. The fourth-order valence-electron chi connectivity index (χ4n) is 3.42. The van der Waals surface area contributed by atoms with Crippen LogP contribution in [0.5, 0.6) is 0 Å². The van der Waals surface area contributed by atoms with Gasteiger partial charge in [-0.15, -0.1) is 0 Å². The minimum Gasteiger partial charge on any atom is -0.400 e. The lowest BCUT2D eigenvalue weighted by atomic mass is 9.77. The molecule has 26 heavy (non-hydrogen) atoms. The quantitative estimate of drug-likeness (QED) is 0.720. The van der Waals surface area contributed by atoms with Gasteiger partial charge in [-0.2, -0.15) is 0 Å². The van der Waals surface area contributed by atoms with Crippen molar-refractivity contribution in [3.8, 4) is 0 Å². The van der Waals surface area contributed by atoms with Crippen molar-refractivity contribution < 1.29 is 19.5 Å². The number of aliphatic hydroxyl groups is 2. The predicted octanol–water partition coefficient (Wildman–Crippen LogP) is 2.26. The molecule has 2 heterocycles. The van der Waals surface area contributed by atoms with Gasteiger partial charge in [0.25, 0.3) is 0 Å². The Hall–Kier alpha value is -1.18. The highest BCUT2D eigenvalue weighted by atomic mass is 16.7. The van der Waals surface area contributed by atoms with Crippen molar-refractivity contribution in [1.82, 2.24) is 5.32 Å². The van der Waals surface area contributed by atoms with Crippen molar-refractivity contribution in [3.63, 3.8) is 0 Å². The number of piperidine rings is 1. The lowest BCUT2D eigenvalue weighted by Gasteiger charge is -2.33. The van der Waals surface area contributed by atoms with Crippen molar-refractivity contribution >= 4 is 13.2 Å². The third-order valence-electron chi connectivity index (χ3n) is 5.97. The van der Waals surface area contributed by atoms with E-state index in [4.69, 9.17) is 9.31 Å². The van der Waals surface area contributed by atoms with Crippen LogP contribution in [0, 0.1) is 0 Å². The van der Waals surface area contributed by atoms with Gasteiger partial charge in [-0.1, -0.05) is 30.3 Å².